The predicted octanol–water partition coefficient (Wildman–Crippen LogP) is 3.58. The van der Waals surface area contributed by atoms with Crippen molar-refractivity contribution >= 4 is 17.6 Å². The molecular weight excluding hydrogens is 472 g/mol. The summed E-state index contributed by atoms with van der Waals surface area (Å²) >= 11 is 0. The molecule has 3 amide bonds. The van der Waals surface area contributed by atoms with E-state index < -0.39 is 0 Å². The molecule has 0 unspecified atom stereocenters. The van der Waals surface area contributed by atoms with Gasteiger partial charge in [0.1, 0.15) is 17.6 Å². The van der Waals surface area contributed by atoms with E-state index in [4.69, 9.17) is 9.47 Å². The van der Waals surface area contributed by atoms with Crippen LogP contribution in [-0.4, -0.2) is 78.9 Å². The van der Waals surface area contributed by atoms with Crippen LogP contribution in [0.1, 0.15) is 43.6 Å². The lowest BCUT2D eigenvalue weighted by Gasteiger charge is -2.38. The van der Waals surface area contributed by atoms with E-state index in [-0.39, 0.29) is 42.7 Å². The first kappa shape index (κ1) is 28.3. The number of rotatable bonds is 9. The van der Waals surface area contributed by atoms with Crippen LogP contribution in [0.25, 0.3) is 0 Å². The molecule has 9 heteroatoms. The summed E-state index contributed by atoms with van der Waals surface area (Å²) in [6.45, 7) is 9.30. The number of likely N-dealkylation sites (N-methyl/N-ethyl adjacent to an activating group) is 1. The quantitative estimate of drug-likeness (QED) is 0.475. The molecule has 0 radical (unpaired) electrons. The molecule has 1 aliphatic heterocycles. The van der Waals surface area contributed by atoms with Gasteiger partial charge < -0.3 is 30.1 Å². The molecule has 0 aromatic heterocycles. The van der Waals surface area contributed by atoms with E-state index in [9.17, 15) is 14.7 Å². The average Bonchev–Trinajstić information content (AvgIpc) is 2.86. The fourth-order valence-electron chi connectivity index (χ4n) is 4.36. The fourth-order valence-corrected chi connectivity index (χ4v) is 4.36. The van der Waals surface area contributed by atoms with Gasteiger partial charge in [0.25, 0.3) is 5.91 Å². The molecule has 2 aromatic carbocycles. The summed E-state index contributed by atoms with van der Waals surface area (Å²) in [5.41, 5.74) is 2.01. The predicted molar refractivity (Wildman–Crippen MR) is 144 cm³/mol. The van der Waals surface area contributed by atoms with Gasteiger partial charge in [-0.2, -0.15) is 0 Å². The molecule has 3 atom stereocenters. The van der Waals surface area contributed by atoms with Crippen molar-refractivity contribution in [1.29, 1.82) is 0 Å². The zero-order chi connectivity index (χ0) is 27.1. The minimum atomic E-state index is -0.362. The second-order valence-electron chi connectivity index (χ2n) is 10.1. The lowest BCUT2D eigenvalue weighted by atomic mass is 9.99. The van der Waals surface area contributed by atoms with Crippen LogP contribution in [0, 0.1) is 5.92 Å². The zero-order valence-corrected chi connectivity index (χ0v) is 22.7. The molecule has 3 N–H and O–H groups in total. The number of benzene rings is 2. The molecule has 0 fully saturated rings. The number of hydrogen-bond acceptors (Lipinski definition) is 6. The first-order valence-corrected chi connectivity index (χ1v) is 12.7. The van der Waals surface area contributed by atoms with E-state index in [0.717, 1.165) is 17.9 Å². The summed E-state index contributed by atoms with van der Waals surface area (Å²) in [7, 11) is 3.69. The largest absolute Gasteiger partial charge is 0.497 e. The zero-order valence-electron chi connectivity index (χ0n) is 22.7. The molecule has 1 aliphatic rings. The molecule has 0 bridgehead atoms. The van der Waals surface area contributed by atoms with Crippen LogP contribution in [0.5, 0.6) is 11.5 Å². The number of nitrogens with zero attached hydrogens (tertiary/aromatic N) is 2. The fraction of sp³-hybridized carbons (Fsp3) is 0.500. The number of aliphatic hydroxyl groups excluding tert-OH is 1. The third kappa shape index (κ3) is 7.60. The minimum absolute atomic E-state index is 0.0130. The van der Waals surface area contributed by atoms with Gasteiger partial charge in [0.2, 0.25) is 0 Å². The molecular formula is C28H40N4O5. The van der Waals surface area contributed by atoms with Crippen molar-refractivity contribution < 1.29 is 24.2 Å². The number of fused-ring (bicyclic) bond motifs is 1. The van der Waals surface area contributed by atoms with Gasteiger partial charge in [-0.05, 0) is 63.7 Å². The SMILES string of the molecule is COc1ccc(CN(C)C[C@@H]2Oc3ccc(NC(=O)NC(C)C)cc3C(=O)N([C@H](C)CO)C[C@@H]2C)cc1. The minimum Gasteiger partial charge on any atom is -0.497 e. The molecule has 0 saturated carbocycles. The number of carbonyl (C=O) groups is 2. The van der Waals surface area contributed by atoms with Gasteiger partial charge in [-0.3, -0.25) is 9.69 Å². The van der Waals surface area contributed by atoms with Gasteiger partial charge in [0.15, 0.2) is 0 Å². The number of methoxy groups -OCH3 is 1. The maximum absolute atomic E-state index is 13.6. The number of nitrogens with one attached hydrogen (secondary N) is 2. The van der Waals surface area contributed by atoms with Crippen LogP contribution in [0.2, 0.25) is 0 Å². The monoisotopic (exact) mass is 512 g/mol. The summed E-state index contributed by atoms with van der Waals surface area (Å²) in [5, 5.41) is 15.4. The second-order valence-corrected chi connectivity index (χ2v) is 10.1. The maximum atomic E-state index is 13.6. The first-order valence-electron chi connectivity index (χ1n) is 12.7. The number of urea groups is 1. The first-order chi connectivity index (χ1) is 17.6. The van der Waals surface area contributed by atoms with Gasteiger partial charge in [-0.15, -0.1) is 0 Å². The van der Waals surface area contributed by atoms with Gasteiger partial charge in [-0.25, -0.2) is 4.79 Å². The standard InChI is InChI=1S/C28H40N4O5/c1-18(2)29-28(35)30-22-9-12-25-24(13-22)27(34)32(20(4)17-33)14-19(3)26(37-25)16-31(5)15-21-7-10-23(36-6)11-8-21/h7-13,18-20,26,33H,14-17H2,1-6H3,(H2,29,30,35)/t19-,20+,26-/m0/s1. The molecule has 1 heterocycles. The van der Waals surface area contributed by atoms with Crippen molar-refractivity contribution in [3.63, 3.8) is 0 Å². The van der Waals surface area contributed by atoms with E-state index in [1.165, 1.54) is 0 Å². The summed E-state index contributed by atoms with van der Waals surface area (Å²) in [5.74, 6) is 1.06. The van der Waals surface area contributed by atoms with Crippen molar-refractivity contribution in [3.05, 3.63) is 53.6 Å². The number of hydrogen-bond donors (Lipinski definition) is 3. The lowest BCUT2D eigenvalue weighted by Crippen LogP contribution is -2.49. The van der Waals surface area contributed by atoms with Gasteiger partial charge in [0, 0.05) is 37.3 Å². The van der Waals surface area contributed by atoms with Crippen LogP contribution in [0.3, 0.4) is 0 Å². The topological polar surface area (TPSA) is 103 Å². The molecule has 3 rings (SSSR count). The average molecular weight is 513 g/mol. The summed E-state index contributed by atoms with van der Waals surface area (Å²) in [4.78, 5) is 29.7. The number of anilines is 1. The highest BCUT2D eigenvalue weighted by molar-refractivity contribution is 5.99. The Hall–Kier alpha value is -3.30. The third-order valence-corrected chi connectivity index (χ3v) is 6.45. The Balaban J connectivity index is 1.85. The van der Waals surface area contributed by atoms with Crippen LogP contribution < -0.4 is 20.1 Å². The van der Waals surface area contributed by atoms with Gasteiger partial charge in [0.05, 0.1) is 25.3 Å². The number of aliphatic hydroxyl groups is 1. The van der Waals surface area contributed by atoms with Crippen LogP contribution >= 0.6 is 0 Å². The highest BCUT2D eigenvalue weighted by Crippen LogP contribution is 2.31. The molecule has 9 nitrogen and oxygen atoms in total. The van der Waals surface area contributed by atoms with Crippen molar-refractivity contribution in [2.75, 3.05) is 39.2 Å². The Morgan fingerprint density at radius 3 is 2.54 bits per heavy atom. The van der Waals surface area contributed by atoms with Crippen LogP contribution in [0.4, 0.5) is 10.5 Å². The molecule has 0 spiro atoms. The highest BCUT2D eigenvalue weighted by atomic mass is 16.5. The Bertz CT molecular complexity index is 1060. The molecule has 2 aromatic rings. The molecule has 0 aliphatic carbocycles. The van der Waals surface area contributed by atoms with Crippen molar-refractivity contribution in [3.8, 4) is 11.5 Å². The normalized spacial score (nSPS) is 18.5. The second kappa shape index (κ2) is 12.8. The Kier molecular flexibility index (Phi) is 9.77. The van der Waals surface area contributed by atoms with Gasteiger partial charge in [-0.1, -0.05) is 19.1 Å². The van der Waals surface area contributed by atoms with E-state index in [2.05, 4.69) is 22.5 Å². The van der Waals surface area contributed by atoms with Crippen molar-refractivity contribution in [1.82, 2.24) is 15.1 Å². The Labute approximate surface area is 219 Å². The van der Waals surface area contributed by atoms with E-state index in [0.29, 0.717) is 30.1 Å². The third-order valence-electron chi connectivity index (χ3n) is 6.45. The maximum Gasteiger partial charge on any atom is 0.319 e. The molecule has 37 heavy (non-hydrogen) atoms. The van der Waals surface area contributed by atoms with E-state index >= 15 is 0 Å². The van der Waals surface area contributed by atoms with Crippen LogP contribution in [-0.2, 0) is 6.54 Å². The summed E-state index contributed by atoms with van der Waals surface area (Å²) in [6.07, 6.45) is -0.202. The van der Waals surface area contributed by atoms with Crippen molar-refractivity contribution in [2.45, 2.75) is 52.4 Å². The van der Waals surface area contributed by atoms with E-state index in [1.54, 1.807) is 30.2 Å². The summed E-state index contributed by atoms with van der Waals surface area (Å²) < 4.78 is 11.7. The smallest absolute Gasteiger partial charge is 0.319 e. The Morgan fingerprint density at radius 1 is 1.22 bits per heavy atom. The number of carbonyl (C=O) groups excluding carboxylic acids is 2. The van der Waals surface area contributed by atoms with Crippen molar-refractivity contribution in [2.24, 2.45) is 5.92 Å². The number of amides is 3. The summed E-state index contributed by atoms with van der Waals surface area (Å²) in [6, 6.07) is 12.4. The van der Waals surface area contributed by atoms with Gasteiger partial charge >= 0.3 is 6.03 Å². The molecule has 0 saturated heterocycles. The Morgan fingerprint density at radius 2 is 1.92 bits per heavy atom. The highest BCUT2D eigenvalue weighted by Gasteiger charge is 2.33. The number of ether oxygens (including phenoxy) is 2. The lowest BCUT2D eigenvalue weighted by molar-refractivity contribution is 0.0341. The molecule has 202 valence electrons. The van der Waals surface area contributed by atoms with E-state index in [1.807, 2.05) is 52.1 Å². The van der Waals surface area contributed by atoms with Crippen LogP contribution in [0.15, 0.2) is 42.5 Å².